The van der Waals surface area contributed by atoms with Gasteiger partial charge in [0.1, 0.15) is 11.4 Å². The van der Waals surface area contributed by atoms with Gasteiger partial charge < -0.3 is 20.5 Å². The largest absolute Gasteiger partial charge is 0.496 e. The summed E-state index contributed by atoms with van der Waals surface area (Å²) in [6.45, 7) is 5.59. The number of ether oxygens (including phenoxy) is 2. The van der Waals surface area contributed by atoms with Crippen LogP contribution in [0.15, 0.2) is 18.2 Å². The maximum atomic E-state index is 11.8. The quantitative estimate of drug-likeness (QED) is 0.896. The number of carbonyl (C=O) groups is 1. The van der Waals surface area contributed by atoms with E-state index < -0.39 is 17.7 Å². The number of nitrogens with one attached hydrogen (secondary N) is 1. The average Bonchev–Trinajstić information content (AvgIpc) is 2.33. The van der Waals surface area contributed by atoms with Crippen LogP contribution in [0.5, 0.6) is 5.75 Å². The molecule has 0 aliphatic heterocycles. The number of benzene rings is 1. The van der Waals surface area contributed by atoms with E-state index in [4.69, 9.17) is 26.8 Å². The predicted octanol–water partition coefficient (Wildman–Crippen LogP) is 2.87. The Hall–Kier alpha value is -1.46. The number of halogens is 1. The number of methoxy groups -OCH3 is 1. The topological polar surface area (TPSA) is 73.6 Å². The number of rotatable bonds is 4. The van der Waals surface area contributed by atoms with Gasteiger partial charge in [0.25, 0.3) is 0 Å². The Balaban J connectivity index is 2.91. The van der Waals surface area contributed by atoms with E-state index in [1.807, 2.05) is 0 Å². The number of hydrogen-bond donors (Lipinski definition) is 2. The lowest BCUT2D eigenvalue weighted by atomic mass is 10.1. The molecule has 1 aromatic carbocycles. The normalized spacial score (nSPS) is 12.7. The van der Waals surface area contributed by atoms with Crippen LogP contribution in [0.3, 0.4) is 0 Å². The van der Waals surface area contributed by atoms with Gasteiger partial charge in [-0.1, -0.05) is 11.6 Å². The van der Waals surface area contributed by atoms with E-state index in [2.05, 4.69) is 5.32 Å². The van der Waals surface area contributed by atoms with E-state index in [9.17, 15) is 4.79 Å². The lowest BCUT2D eigenvalue weighted by molar-refractivity contribution is 0.0505. The highest BCUT2D eigenvalue weighted by Gasteiger charge is 2.22. The second-order valence-corrected chi connectivity index (χ2v) is 5.76. The summed E-state index contributed by atoms with van der Waals surface area (Å²) in [7, 11) is 1.55. The van der Waals surface area contributed by atoms with Crippen LogP contribution in [0.1, 0.15) is 32.4 Å². The molecule has 20 heavy (non-hydrogen) atoms. The van der Waals surface area contributed by atoms with E-state index in [1.165, 1.54) is 0 Å². The van der Waals surface area contributed by atoms with Gasteiger partial charge in [0.2, 0.25) is 0 Å². The van der Waals surface area contributed by atoms with Crippen LogP contribution in [-0.4, -0.2) is 25.3 Å². The molecule has 0 spiro atoms. The maximum absolute atomic E-state index is 11.8. The minimum Gasteiger partial charge on any atom is -0.496 e. The minimum atomic E-state index is -0.568. The first kappa shape index (κ1) is 16.6. The lowest BCUT2D eigenvalue weighted by Crippen LogP contribution is -2.37. The van der Waals surface area contributed by atoms with Crippen LogP contribution in [-0.2, 0) is 4.74 Å². The Kier molecular flexibility index (Phi) is 5.65. The second-order valence-electron chi connectivity index (χ2n) is 5.32. The molecule has 0 heterocycles. The van der Waals surface area contributed by atoms with Crippen LogP contribution in [0.2, 0.25) is 5.02 Å². The predicted molar refractivity (Wildman–Crippen MR) is 79.2 cm³/mol. The van der Waals surface area contributed by atoms with Crippen LogP contribution in [0, 0.1) is 0 Å². The summed E-state index contributed by atoms with van der Waals surface area (Å²) in [4.78, 5) is 11.8. The maximum Gasteiger partial charge on any atom is 0.408 e. The zero-order valence-corrected chi connectivity index (χ0v) is 13.0. The monoisotopic (exact) mass is 300 g/mol. The third-order valence-corrected chi connectivity index (χ3v) is 2.73. The molecule has 1 aromatic rings. The first-order valence-electron chi connectivity index (χ1n) is 6.30. The van der Waals surface area contributed by atoms with Gasteiger partial charge in [0.05, 0.1) is 13.2 Å². The number of alkyl carbamates (subject to hydrolysis) is 1. The van der Waals surface area contributed by atoms with Crippen molar-refractivity contribution in [2.24, 2.45) is 5.73 Å². The third-order valence-electron chi connectivity index (χ3n) is 2.49. The van der Waals surface area contributed by atoms with E-state index >= 15 is 0 Å². The summed E-state index contributed by atoms with van der Waals surface area (Å²) < 4.78 is 10.5. The smallest absolute Gasteiger partial charge is 0.408 e. The first-order chi connectivity index (χ1) is 9.26. The third kappa shape index (κ3) is 4.90. The minimum absolute atomic E-state index is 0.204. The molecule has 0 fully saturated rings. The first-order valence-corrected chi connectivity index (χ1v) is 6.67. The van der Waals surface area contributed by atoms with Crippen molar-refractivity contribution in [2.75, 3.05) is 13.7 Å². The molecule has 0 aliphatic rings. The fraction of sp³-hybridized carbons (Fsp3) is 0.500. The van der Waals surface area contributed by atoms with Gasteiger partial charge in [-0.25, -0.2) is 4.79 Å². The molecule has 1 atom stereocenters. The Morgan fingerprint density at radius 2 is 2.10 bits per heavy atom. The number of amides is 1. The van der Waals surface area contributed by atoms with E-state index in [1.54, 1.807) is 46.1 Å². The van der Waals surface area contributed by atoms with Crippen molar-refractivity contribution in [3.05, 3.63) is 28.8 Å². The Labute approximate surface area is 124 Å². The van der Waals surface area contributed by atoms with Crippen molar-refractivity contribution in [3.63, 3.8) is 0 Å². The van der Waals surface area contributed by atoms with Crippen molar-refractivity contribution in [1.29, 1.82) is 0 Å². The summed E-state index contributed by atoms with van der Waals surface area (Å²) in [5, 5.41) is 3.26. The molecule has 0 radical (unpaired) electrons. The van der Waals surface area contributed by atoms with Crippen molar-refractivity contribution in [1.82, 2.24) is 5.32 Å². The zero-order valence-electron chi connectivity index (χ0n) is 12.2. The van der Waals surface area contributed by atoms with Gasteiger partial charge in [-0.3, -0.25) is 0 Å². The Bertz CT molecular complexity index is 472. The molecule has 0 bridgehead atoms. The molecular weight excluding hydrogens is 280 g/mol. The lowest BCUT2D eigenvalue weighted by Gasteiger charge is -2.24. The molecule has 3 N–H and O–H groups in total. The summed E-state index contributed by atoms with van der Waals surface area (Å²) in [5.41, 5.74) is 5.87. The molecule has 1 amide bonds. The average molecular weight is 301 g/mol. The van der Waals surface area contributed by atoms with Gasteiger partial charge in [-0.2, -0.15) is 0 Å². The highest BCUT2D eigenvalue weighted by molar-refractivity contribution is 6.30. The van der Waals surface area contributed by atoms with Gasteiger partial charge in [-0.05, 0) is 39.0 Å². The molecule has 0 aliphatic carbocycles. The molecule has 6 heteroatoms. The highest BCUT2D eigenvalue weighted by atomic mass is 35.5. The number of carbonyl (C=O) groups excluding carboxylic acids is 1. The summed E-state index contributed by atoms with van der Waals surface area (Å²) in [6, 6.07) is 4.73. The fourth-order valence-electron chi connectivity index (χ4n) is 1.69. The molecule has 0 saturated carbocycles. The van der Waals surface area contributed by atoms with Gasteiger partial charge in [0.15, 0.2) is 0 Å². The molecule has 1 unspecified atom stereocenters. The number of nitrogens with two attached hydrogens (primary N) is 1. The molecule has 5 nitrogen and oxygen atoms in total. The van der Waals surface area contributed by atoms with Crippen molar-refractivity contribution in [3.8, 4) is 5.75 Å². The highest BCUT2D eigenvalue weighted by Crippen LogP contribution is 2.28. The molecular formula is C14H21ClN2O3. The standard InChI is InChI=1S/C14H21ClN2O3/c1-14(2,3)20-13(18)17-11(8-16)10-7-9(15)5-6-12(10)19-4/h5-7,11H,8,16H2,1-4H3,(H,17,18). The Morgan fingerprint density at radius 3 is 2.60 bits per heavy atom. The molecule has 112 valence electrons. The summed E-state index contributed by atoms with van der Waals surface area (Å²) in [5.74, 6) is 0.612. The molecule has 0 aromatic heterocycles. The van der Waals surface area contributed by atoms with Gasteiger partial charge in [-0.15, -0.1) is 0 Å². The number of hydrogen-bond acceptors (Lipinski definition) is 4. The van der Waals surface area contributed by atoms with Crippen LogP contribution in [0.25, 0.3) is 0 Å². The van der Waals surface area contributed by atoms with Gasteiger partial charge >= 0.3 is 6.09 Å². The van der Waals surface area contributed by atoms with Crippen molar-refractivity contribution < 1.29 is 14.3 Å². The Morgan fingerprint density at radius 1 is 1.45 bits per heavy atom. The van der Waals surface area contributed by atoms with E-state index in [0.717, 1.165) is 0 Å². The summed E-state index contributed by atoms with van der Waals surface area (Å²) in [6.07, 6.45) is -0.532. The molecule has 1 rings (SSSR count). The van der Waals surface area contributed by atoms with Crippen LogP contribution >= 0.6 is 11.6 Å². The van der Waals surface area contributed by atoms with Crippen molar-refractivity contribution in [2.45, 2.75) is 32.4 Å². The fourth-order valence-corrected chi connectivity index (χ4v) is 1.87. The summed E-state index contributed by atoms with van der Waals surface area (Å²) >= 11 is 5.98. The van der Waals surface area contributed by atoms with Crippen LogP contribution < -0.4 is 15.8 Å². The van der Waals surface area contributed by atoms with E-state index in [0.29, 0.717) is 16.3 Å². The van der Waals surface area contributed by atoms with E-state index in [-0.39, 0.29) is 6.54 Å². The van der Waals surface area contributed by atoms with Crippen molar-refractivity contribution >= 4 is 17.7 Å². The van der Waals surface area contributed by atoms with Crippen LogP contribution in [0.4, 0.5) is 4.79 Å². The second kappa shape index (κ2) is 6.81. The zero-order chi connectivity index (χ0) is 15.3. The molecule has 0 saturated heterocycles. The van der Waals surface area contributed by atoms with Gasteiger partial charge in [0, 0.05) is 17.1 Å². The SMILES string of the molecule is COc1ccc(Cl)cc1C(CN)NC(=O)OC(C)(C)C.